The first kappa shape index (κ1) is 23.8. The van der Waals surface area contributed by atoms with Gasteiger partial charge in [0.25, 0.3) is 0 Å². The second kappa shape index (κ2) is 8.79. The van der Waals surface area contributed by atoms with Crippen LogP contribution in [0.4, 0.5) is 0 Å². The van der Waals surface area contributed by atoms with E-state index in [0.717, 1.165) is 0 Å². The highest BCUT2D eigenvalue weighted by Crippen LogP contribution is 2.47. The van der Waals surface area contributed by atoms with Crippen LogP contribution < -0.4 is 0 Å². The quantitative estimate of drug-likeness (QED) is 0.188. The Morgan fingerprint density at radius 3 is 1.83 bits per heavy atom. The molecule has 0 fully saturated rings. The zero-order valence-electron chi connectivity index (χ0n) is 23.5. The van der Waals surface area contributed by atoms with E-state index in [0.29, 0.717) is 0 Å². The summed E-state index contributed by atoms with van der Waals surface area (Å²) in [5.41, 5.74) is 9.03. The summed E-state index contributed by atoms with van der Waals surface area (Å²) in [6.07, 6.45) is 0. The Morgan fingerprint density at radius 2 is 1.05 bits per heavy atom. The summed E-state index contributed by atoms with van der Waals surface area (Å²) in [6.45, 7) is 4.63. The van der Waals surface area contributed by atoms with Crippen LogP contribution in [0.25, 0.3) is 80.3 Å². The highest BCUT2D eigenvalue weighted by Gasteiger charge is 2.22. The lowest BCUT2D eigenvalue weighted by Gasteiger charge is -2.18. The Bertz CT molecular complexity index is 2530. The van der Waals surface area contributed by atoms with Crippen molar-refractivity contribution in [3.05, 3.63) is 139 Å². The van der Waals surface area contributed by atoms with Gasteiger partial charge >= 0.3 is 0 Å². The summed E-state index contributed by atoms with van der Waals surface area (Å²) < 4.78 is 5.16. The lowest BCUT2D eigenvalue weighted by molar-refractivity contribution is 1.18. The van der Waals surface area contributed by atoms with Crippen molar-refractivity contribution in [2.24, 2.45) is 0 Å². The SMILES string of the molecule is Cc1c(-c2ccc3c(c2C)c2c4sc5ccccc5c4ccc2n3-c2ccccc2)c2ccccc2c2ccccc12. The summed E-state index contributed by atoms with van der Waals surface area (Å²) in [5, 5.41) is 10.7. The fraction of sp³-hybridized carbons (Fsp3) is 0.0500. The molecule has 0 radical (unpaired) electrons. The van der Waals surface area contributed by atoms with E-state index in [2.05, 4.69) is 146 Å². The molecule has 2 heteroatoms. The molecule has 1 nitrogen and oxygen atoms in total. The van der Waals surface area contributed by atoms with Gasteiger partial charge in [-0.2, -0.15) is 0 Å². The smallest absolute Gasteiger partial charge is 0.0555 e. The fourth-order valence-corrected chi connectivity index (χ4v) is 8.58. The van der Waals surface area contributed by atoms with Crippen LogP contribution in [0.1, 0.15) is 11.1 Å². The van der Waals surface area contributed by atoms with E-state index in [1.807, 2.05) is 11.3 Å². The zero-order chi connectivity index (χ0) is 27.9. The van der Waals surface area contributed by atoms with Gasteiger partial charge < -0.3 is 4.57 Å². The lowest BCUT2D eigenvalue weighted by atomic mass is 9.86. The minimum absolute atomic E-state index is 1.19. The molecule has 198 valence electrons. The molecule has 0 saturated heterocycles. The Balaban J connectivity index is 1.49. The number of fused-ring (bicyclic) bond motifs is 10. The standard InChI is InChI=1S/C40H27NS/c1-24-27-14-6-7-15-29(27)30-16-8-9-18-32(30)37(24)28-20-22-34-38(25(28)2)39-35(41(34)26-12-4-3-5-13-26)23-21-33-31-17-10-11-19-36(31)42-40(33)39/h3-23H,1-2H3. The van der Waals surface area contributed by atoms with Crippen molar-refractivity contribution >= 4 is 74.9 Å². The van der Waals surface area contributed by atoms with E-state index in [1.54, 1.807) is 0 Å². The maximum Gasteiger partial charge on any atom is 0.0555 e. The summed E-state index contributed by atoms with van der Waals surface area (Å²) in [7, 11) is 0. The van der Waals surface area contributed by atoms with E-state index in [-0.39, 0.29) is 0 Å². The Morgan fingerprint density at radius 1 is 0.452 bits per heavy atom. The number of thiophene rings is 1. The van der Waals surface area contributed by atoms with Crippen LogP contribution in [0.5, 0.6) is 0 Å². The number of para-hydroxylation sites is 1. The molecule has 9 rings (SSSR count). The third-order valence-corrected chi connectivity index (χ3v) is 10.4. The predicted molar refractivity (Wildman–Crippen MR) is 184 cm³/mol. The van der Waals surface area contributed by atoms with Crippen molar-refractivity contribution in [2.45, 2.75) is 13.8 Å². The topological polar surface area (TPSA) is 4.93 Å². The van der Waals surface area contributed by atoms with Gasteiger partial charge in [0.15, 0.2) is 0 Å². The van der Waals surface area contributed by atoms with Crippen molar-refractivity contribution in [3.8, 4) is 16.8 Å². The van der Waals surface area contributed by atoms with Gasteiger partial charge in [-0.3, -0.25) is 0 Å². The molecule has 0 aliphatic rings. The molecule has 0 atom stereocenters. The van der Waals surface area contributed by atoms with Crippen LogP contribution in [0.15, 0.2) is 127 Å². The summed E-state index contributed by atoms with van der Waals surface area (Å²) in [6, 6.07) is 46.8. The van der Waals surface area contributed by atoms with Crippen LogP contribution in [0, 0.1) is 13.8 Å². The maximum atomic E-state index is 2.45. The van der Waals surface area contributed by atoms with Gasteiger partial charge in [0, 0.05) is 36.6 Å². The van der Waals surface area contributed by atoms with Crippen molar-refractivity contribution in [1.82, 2.24) is 4.57 Å². The molecule has 0 amide bonds. The van der Waals surface area contributed by atoms with Crippen LogP contribution in [0.2, 0.25) is 0 Å². The van der Waals surface area contributed by atoms with Gasteiger partial charge in [-0.1, -0.05) is 97.1 Å². The minimum Gasteiger partial charge on any atom is -0.309 e. The molecule has 0 unspecified atom stereocenters. The molecular formula is C40H27NS. The van der Waals surface area contributed by atoms with Gasteiger partial charge in [-0.25, -0.2) is 0 Å². The zero-order valence-corrected chi connectivity index (χ0v) is 24.3. The monoisotopic (exact) mass is 553 g/mol. The Kier molecular flexibility index (Phi) is 4.97. The predicted octanol–water partition coefficient (Wildman–Crippen LogP) is 11.7. The van der Waals surface area contributed by atoms with Crippen molar-refractivity contribution < 1.29 is 0 Å². The normalized spacial score (nSPS) is 12.0. The molecule has 0 spiro atoms. The maximum absolute atomic E-state index is 2.45. The van der Waals surface area contributed by atoms with E-state index in [1.165, 1.54) is 91.5 Å². The minimum atomic E-state index is 1.19. The van der Waals surface area contributed by atoms with E-state index in [9.17, 15) is 0 Å². The van der Waals surface area contributed by atoms with E-state index >= 15 is 0 Å². The van der Waals surface area contributed by atoms with Crippen LogP contribution in [-0.4, -0.2) is 4.57 Å². The highest BCUT2D eigenvalue weighted by atomic mass is 32.1. The summed E-state index contributed by atoms with van der Waals surface area (Å²) >= 11 is 1.92. The third-order valence-electron chi connectivity index (χ3n) is 9.18. The largest absolute Gasteiger partial charge is 0.309 e. The average molecular weight is 554 g/mol. The molecule has 7 aromatic carbocycles. The lowest BCUT2D eigenvalue weighted by Crippen LogP contribution is -1.95. The molecule has 0 aliphatic heterocycles. The van der Waals surface area contributed by atoms with Gasteiger partial charge in [0.05, 0.1) is 11.0 Å². The molecule has 9 aromatic rings. The van der Waals surface area contributed by atoms with Gasteiger partial charge in [-0.05, 0) is 88.0 Å². The summed E-state index contributed by atoms with van der Waals surface area (Å²) in [5.74, 6) is 0. The number of aryl methyl sites for hydroxylation is 2. The van der Waals surface area contributed by atoms with Gasteiger partial charge in [-0.15, -0.1) is 11.3 Å². The first-order valence-corrected chi connectivity index (χ1v) is 15.4. The number of hydrogen-bond acceptors (Lipinski definition) is 1. The molecule has 0 N–H and O–H groups in total. The highest BCUT2D eigenvalue weighted by molar-refractivity contribution is 7.26. The number of benzene rings is 7. The molecule has 0 aliphatic carbocycles. The van der Waals surface area contributed by atoms with Crippen LogP contribution >= 0.6 is 11.3 Å². The Hall–Kier alpha value is -4.92. The van der Waals surface area contributed by atoms with Crippen molar-refractivity contribution in [1.29, 1.82) is 0 Å². The molecule has 2 aromatic heterocycles. The van der Waals surface area contributed by atoms with Gasteiger partial charge in [0.2, 0.25) is 0 Å². The number of nitrogens with zero attached hydrogens (tertiary/aromatic N) is 1. The van der Waals surface area contributed by atoms with Crippen molar-refractivity contribution in [2.75, 3.05) is 0 Å². The second-order valence-electron chi connectivity index (χ2n) is 11.3. The molecule has 0 saturated carbocycles. The van der Waals surface area contributed by atoms with E-state index < -0.39 is 0 Å². The molecule has 0 bridgehead atoms. The number of hydrogen-bond donors (Lipinski definition) is 0. The number of aromatic nitrogens is 1. The fourth-order valence-electron chi connectivity index (χ4n) is 7.33. The molecular weight excluding hydrogens is 527 g/mol. The third kappa shape index (κ3) is 3.13. The Labute approximate surface area is 247 Å². The average Bonchev–Trinajstić information content (AvgIpc) is 3.59. The molecule has 2 heterocycles. The van der Waals surface area contributed by atoms with Gasteiger partial charge in [0.1, 0.15) is 0 Å². The summed E-state index contributed by atoms with van der Waals surface area (Å²) in [4.78, 5) is 0. The van der Waals surface area contributed by atoms with Crippen molar-refractivity contribution in [3.63, 3.8) is 0 Å². The number of rotatable bonds is 2. The molecule has 42 heavy (non-hydrogen) atoms. The first-order valence-electron chi connectivity index (χ1n) is 14.5. The van der Waals surface area contributed by atoms with E-state index in [4.69, 9.17) is 0 Å². The van der Waals surface area contributed by atoms with Crippen LogP contribution in [-0.2, 0) is 0 Å². The van der Waals surface area contributed by atoms with Crippen LogP contribution in [0.3, 0.4) is 0 Å². The first-order chi connectivity index (χ1) is 20.7. The second-order valence-corrected chi connectivity index (χ2v) is 12.4.